The van der Waals surface area contributed by atoms with E-state index in [2.05, 4.69) is 54.6 Å². The Morgan fingerprint density at radius 1 is 1.14 bits per heavy atom. The Labute approximate surface area is 131 Å². The van der Waals surface area contributed by atoms with Crippen molar-refractivity contribution in [3.8, 4) is 0 Å². The molecule has 2 aromatic rings. The molecule has 21 heavy (non-hydrogen) atoms. The molecule has 1 aromatic carbocycles. The van der Waals surface area contributed by atoms with Crippen molar-refractivity contribution in [3.05, 3.63) is 58.8 Å². The van der Waals surface area contributed by atoms with E-state index in [9.17, 15) is 0 Å². The van der Waals surface area contributed by atoms with Gasteiger partial charge in [0.15, 0.2) is 5.11 Å². The fourth-order valence-electron chi connectivity index (χ4n) is 2.27. The van der Waals surface area contributed by atoms with Crippen molar-refractivity contribution in [2.75, 3.05) is 5.32 Å². The van der Waals surface area contributed by atoms with Gasteiger partial charge >= 0.3 is 0 Å². The lowest BCUT2D eigenvalue weighted by molar-refractivity contribution is 0.716. The van der Waals surface area contributed by atoms with Gasteiger partial charge in [0.1, 0.15) is 5.82 Å². The SMILES string of the molecule is Cc1ccc(C)c([C@@H](C)NC(=S)Nc2cccc(C)n2)c1. The number of aromatic nitrogens is 1. The minimum atomic E-state index is 0.148. The molecular formula is C17H21N3S. The molecule has 0 aliphatic carbocycles. The average Bonchev–Trinajstić information content (AvgIpc) is 2.41. The maximum absolute atomic E-state index is 5.37. The van der Waals surface area contributed by atoms with Gasteiger partial charge in [-0.05, 0) is 63.2 Å². The minimum absolute atomic E-state index is 0.148. The fourth-order valence-corrected chi connectivity index (χ4v) is 2.55. The molecule has 1 heterocycles. The predicted octanol–water partition coefficient (Wildman–Crippen LogP) is 4.05. The summed E-state index contributed by atoms with van der Waals surface area (Å²) >= 11 is 5.37. The predicted molar refractivity (Wildman–Crippen MR) is 92.7 cm³/mol. The van der Waals surface area contributed by atoms with Crippen LogP contribution < -0.4 is 10.6 Å². The topological polar surface area (TPSA) is 37.0 Å². The number of anilines is 1. The van der Waals surface area contributed by atoms with Crippen LogP contribution in [0.3, 0.4) is 0 Å². The van der Waals surface area contributed by atoms with Crippen molar-refractivity contribution in [2.24, 2.45) is 0 Å². The zero-order chi connectivity index (χ0) is 15.4. The van der Waals surface area contributed by atoms with E-state index in [1.807, 2.05) is 25.1 Å². The molecule has 0 fully saturated rings. The van der Waals surface area contributed by atoms with E-state index in [1.54, 1.807) is 0 Å². The van der Waals surface area contributed by atoms with E-state index < -0.39 is 0 Å². The van der Waals surface area contributed by atoms with Crippen molar-refractivity contribution in [3.63, 3.8) is 0 Å². The van der Waals surface area contributed by atoms with Gasteiger partial charge < -0.3 is 10.6 Å². The normalized spacial score (nSPS) is 11.8. The fraction of sp³-hybridized carbons (Fsp3) is 0.294. The zero-order valence-corrected chi connectivity index (χ0v) is 13.7. The molecular weight excluding hydrogens is 278 g/mol. The first-order valence-corrected chi connectivity index (χ1v) is 7.45. The first kappa shape index (κ1) is 15.4. The lowest BCUT2D eigenvalue weighted by atomic mass is 10.0. The molecule has 0 saturated carbocycles. The largest absolute Gasteiger partial charge is 0.356 e. The molecule has 0 amide bonds. The van der Waals surface area contributed by atoms with Crippen LogP contribution >= 0.6 is 12.2 Å². The lowest BCUT2D eigenvalue weighted by Crippen LogP contribution is -2.31. The number of rotatable bonds is 3. The van der Waals surface area contributed by atoms with Gasteiger partial charge in [-0.2, -0.15) is 0 Å². The van der Waals surface area contributed by atoms with Gasteiger partial charge in [0.2, 0.25) is 0 Å². The van der Waals surface area contributed by atoms with E-state index in [0.29, 0.717) is 5.11 Å². The lowest BCUT2D eigenvalue weighted by Gasteiger charge is -2.19. The van der Waals surface area contributed by atoms with Crippen molar-refractivity contribution in [2.45, 2.75) is 33.7 Å². The molecule has 0 radical (unpaired) electrons. The highest BCUT2D eigenvalue weighted by Gasteiger charge is 2.10. The summed E-state index contributed by atoms with van der Waals surface area (Å²) in [6.45, 7) is 8.29. The van der Waals surface area contributed by atoms with Crippen LogP contribution in [0.2, 0.25) is 0 Å². The first-order valence-electron chi connectivity index (χ1n) is 7.04. The van der Waals surface area contributed by atoms with E-state index in [1.165, 1.54) is 16.7 Å². The van der Waals surface area contributed by atoms with Crippen molar-refractivity contribution >= 4 is 23.1 Å². The smallest absolute Gasteiger partial charge is 0.172 e. The Bertz CT molecular complexity index is 652. The number of thiocarbonyl (C=S) groups is 1. The van der Waals surface area contributed by atoms with Crippen LogP contribution in [0.4, 0.5) is 5.82 Å². The second-order valence-electron chi connectivity index (χ2n) is 5.34. The maximum atomic E-state index is 5.37. The Balaban J connectivity index is 2.03. The molecule has 110 valence electrons. The highest BCUT2D eigenvalue weighted by molar-refractivity contribution is 7.80. The summed E-state index contributed by atoms with van der Waals surface area (Å²) in [5, 5.41) is 7.02. The molecule has 0 bridgehead atoms. The molecule has 2 rings (SSSR count). The summed E-state index contributed by atoms with van der Waals surface area (Å²) in [5.74, 6) is 0.765. The van der Waals surface area contributed by atoms with Gasteiger partial charge in [-0.1, -0.05) is 29.8 Å². The third-order valence-electron chi connectivity index (χ3n) is 3.38. The monoisotopic (exact) mass is 299 g/mol. The Morgan fingerprint density at radius 3 is 2.62 bits per heavy atom. The van der Waals surface area contributed by atoms with Crippen LogP contribution in [0.1, 0.15) is 35.3 Å². The average molecular weight is 299 g/mol. The third-order valence-corrected chi connectivity index (χ3v) is 3.60. The number of hydrogen-bond acceptors (Lipinski definition) is 2. The summed E-state index contributed by atoms with van der Waals surface area (Å²) in [6.07, 6.45) is 0. The number of benzene rings is 1. The van der Waals surface area contributed by atoms with E-state index >= 15 is 0 Å². The number of nitrogens with one attached hydrogen (secondary N) is 2. The molecule has 1 atom stereocenters. The Kier molecular flexibility index (Phi) is 4.91. The zero-order valence-electron chi connectivity index (χ0n) is 12.9. The molecule has 3 nitrogen and oxygen atoms in total. The van der Waals surface area contributed by atoms with Crippen LogP contribution in [-0.2, 0) is 0 Å². The highest BCUT2D eigenvalue weighted by atomic mass is 32.1. The molecule has 0 saturated heterocycles. The molecule has 4 heteroatoms. The molecule has 0 unspecified atom stereocenters. The van der Waals surface area contributed by atoms with Crippen LogP contribution in [0.5, 0.6) is 0 Å². The third kappa shape index (κ3) is 4.26. The van der Waals surface area contributed by atoms with Crippen LogP contribution in [0, 0.1) is 20.8 Å². The number of nitrogens with zero attached hydrogens (tertiary/aromatic N) is 1. The molecule has 0 aliphatic rings. The standard InChI is InChI=1S/C17H21N3S/c1-11-8-9-12(2)15(10-11)14(4)19-17(21)20-16-7-5-6-13(3)18-16/h5-10,14H,1-4H3,(H2,18,19,20,21)/t14-/m1/s1. The van der Waals surface area contributed by atoms with E-state index in [0.717, 1.165) is 11.5 Å². The molecule has 0 aliphatic heterocycles. The van der Waals surface area contributed by atoms with Crippen molar-refractivity contribution in [1.29, 1.82) is 0 Å². The van der Waals surface area contributed by atoms with Gasteiger partial charge in [-0.25, -0.2) is 4.98 Å². The minimum Gasteiger partial charge on any atom is -0.356 e. The van der Waals surface area contributed by atoms with Gasteiger partial charge in [-0.15, -0.1) is 0 Å². The summed E-state index contributed by atoms with van der Waals surface area (Å²) in [4.78, 5) is 4.39. The number of hydrogen-bond donors (Lipinski definition) is 2. The summed E-state index contributed by atoms with van der Waals surface area (Å²) < 4.78 is 0. The van der Waals surface area contributed by atoms with Crippen LogP contribution in [0.15, 0.2) is 36.4 Å². The van der Waals surface area contributed by atoms with Gasteiger partial charge in [-0.3, -0.25) is 0 Å². The van der Waals surface area contributed by atoms with Gasteiger partial charge in [0.05, 0.1) is 6.04 Å². The van der Waals surface area contributed by atoms with E-state index in [-0.39, 0.29) is 6.04 Å². The summed E-state index contributed by atoms with van der Waals surface area (Å²) in [5.41, 5.74) is 4.74. The second-order valence-corrected chi connectivity index (χ2v) is 5.75. The molecule has 2 N–H and O–H groups in total. The van der Waals surface area contributed by atoms with Crippen LogP contribution in [-0.4, -0.2) is 10.1 Å². The Hall–Kier alpha value is -1.94. The quantitative estimate of drug-likeness (QED) is 0.838. The summed E-state index contributed by atoms with van der Waals surface area (Å²) in [6, 6.07) is 12.4. The van der Waals surface area contributed by atoms with Gasteiger partial charge in [0, 0.05) is 5.69 Å². The van der Waals surface area contributed by atoms with Crippen LogP contribution in [0.25, 0.3) is 0 Å². The number of aryl methyl sites for hydroxylation is 3. The van der Waals surface area contributed by atoms with Gasteiger partial charge in [0.25, 0.3) is 0 Å². The molecule has 1 aromatic heterocycles. The van der Waals surface area contributed by atoms with Crippen molar-refractivity contribution in [1.82, 2.24) is 10.3 Å². The van der Waals surface area contributed by atoms with E-state index in [4.69, 9.17) is 12.2 Å². The highest BCUT2D eigenvalue weighted by Crippen LogP contribution is 2.19. The molecule has 0 spiro atoms. The van der Waals surface area contributed by atoms with Crippen molar-refractivity contribution < 1.29 is 0 Å². The Morgan fingerprint density at radius 2 is 1.90 bits per heavy atom. The summed E-state index contributed by atoms with van der Waals surface area (Å²) in [7, 11) is 0. The second kappa shape index (κ2) is 6.68. The first-order chi connectivity index (χ1) is 9.95. The number of pyridine rings is 1. The maximum Gasteiger partial charge on any atom is 0.172 e.